The Morgan fingerprint density at radius 2 is 2.10 bits per heavy atom. The van der Waals surface area contributed by atoms with Gasteiger partial charge in [0.15, 0.2) is 17.6 Å². The van der Waals surface area contributed by atoms with E-state index in [0.717, 1.165) is 24.6 Å². The summed E-state index contributed by atoms with van der Waals surface area (Å²) >= 11 is 0. The Hall–Kier alpha value is -1.75. The van der Waals surface area contributed by atoms with Gasteiger partial charge in [0.25, 0.3) is 0 Å². The Kier molecular flexibility index (Phi) is 4.29. The average Bonchev–Trinajstić information content (AvgIpc) is 2.48. The molecule has 1 atom stereocenters. The van der Waals surface area contributed by atoms with E-state index >= 15 is 0 Å². The number of carbonyl (C=O) groups excluding carboxylic acids is 1. The number of nitrogens with zero attached hydrogens (tertiary/aromatic N) is 1. The number of hydrogen-bond donors (Lipinski definition) is 1. The Balaban J connectivity index is 1.56. The van der Waals surface area contributed by atoms with E-state index in [-0.39, 0.29) is 12.0 Å². The first-order valence-electron chi connectivity index (χ1n) is 7.63. The third kappa shape index (κ3) is 3.29. The summed E-state index contributed by atoms with van der Waals surface area (Å²) in [6.45, 7) is 5.71. The van der Waals surface area contributed by atoms with Crippen LogP contribution in [0.2, 0.25) is 0 Å². The van der Waals surface area contributed by atoms with Gasteiger partial charge in [0.05, 0.1) is 6.54 Å². The highest BCUT2D eigenvalue weighted by Gasteiger charge is 2.27. The molecule has 114 valence electrons. The van der Waals surface area contributed by atoms with Gasteiger partial charge in [-0.2, -0.15) is 0 Å². The molecule has 1 aromatic carbocycles. The quantitative estimate of drug-likeness (QED) is 0.887. The summed E-state index contributed by atoms with van der Waals surface area (Å²) in [5, 5.41) is 3.20. The largest absolute Gasteiger partial charge is 0.486 e. The van der Waals surface area contributed by atoms with Gasteiger partial charge < -0.3 is 19.7 Å². The number of rotatable bonds is 5. The highest BCUT2D eigenvalue weighted by atomic mass is 16.6. The second kappa shape index (κ2) is 6.35. The summed E-state index contributed by atoms with van der Waals surface area (Å²) in [6, 6.07) is 7.66. The van der Waals surface area contributed by atoms with Gasteiger partial charge in [0, 0.05) is 13.0 Å². The summed E-state index contributed by atoms with van der Waals surface area (Å²) in [6.07, 6.45) is 0.536. The highest BCUT2D eigenvalue weighted by Crippen LogP contribution is 2.31. The second-order valence-corrected chi connectivity index (χ2v) is 5.66. The molecule has 3 rings (SSSR count). The van der Waals surface area contributed by atoms with Gasteiger partial charge in [-0.15, -0.1) is 0 Å². The molecule has 1 N–H and O–H groups in total. The van der Waals surface area contributed by atoms with Crippen molar-refractivity contribution >= 4 is 5.91 Å². The molecule has 5 nitrogen and oxygen atoms in total. The number of amides is 1. The first-order chi connectivity index (χ1) is 10.3. The molecule has 1 amide bonds. The summed E-state index contributed by atoms with van der Waals surface area (Å²) in [7, 11) is 0. The summed E-state index contributed by atoms with van der Waals surface area (Å²) in [5.74, 6) is 2.26. The number of para-hydroxylation sites is 2. The normalized spacial score (nSPS) is 20.7. The lowest BCUT2D eigenvalue weighted by molar-refractivity contribution is -0.134. The van der Waals surface area contributed by atoms with Crippen molar-refractivity contribution < 1.29 is 14.3 Å². The van der Waals surface area contributed by atoms with E-state index in [0.29, 0.717) is 32.0 Å². The van der Waals surface area contributed by atoms with Crippen LogP contribution in [0.15, 0.2) is 24.3 Å². The number of benzene rings is 1. The maximum absolute atomic E-state index is 12.3. The second-order valence-electron chi connectivity index (χ2n) is 5.66. The fraction of sp³-hybridized carbons (Fsp3) is 0.562. The highest BCUT2D eigenvalue weighted by molar-refractivity contribution is 5.76. The summed E-state index contributed by atoms with van der Waals surface area (Å²) in [4.78, 5) is 14.2. The predicted octanol–water partition coefficient (Wildman–Crippen LogP) is 1.28. The SMILES string of the molecule is CCN(CC1COc2ccccc2O1)C(=O)CC1CNC1. The minimum atomic E-state index is -0.0942. The Morgan fingerprint density at radius 3 is 2.76 bits per heavy atom. The van der Waals surface area contributed by atoms with E-state index in [2.05, 4.69) is 5.32 Å². The molecule has 2 aliphatic heterocycles. The zero-order chi connectivity index (χ0) is 14.7. The van der Waals surface area contributed by atoms with Crippen LogP contribution >= 0.6 is 0 Å². The number of fused-ring (bicyclic) bond motifs is 1. The molecule has 5 heteroatoms. The first-order valence-corrected chi connectivity index (χ1v) is 7.63. The Morgan fingerprint density at radius 1 is 1.33 bits per heavy atom. The molecule has 1 saturated heterocycles. The van der Waals surface area contributed by atoms with Gasteiger partial charge in [0.1, 0.15) is 6.61 Å². The van der Waals surface area contributed by atoms with Crippen LogP contribution in [0.5, 0.6) is 11.5 Å². The van der Waals surface area contributed by atoms with Crippen molar-refractivity contribution in [3.8, 4) is 11.5 Å². The monoisotopic (exact) mass is 290 g/mol. The van der Waals surface area contributed by atoms with Crippen molar-refractivity contribution in [1.82, 2.24) is 10.2 Å². The minimum absolute atomic E-state index is 0.0942. The van der Waals surface area contributed by atoms with E-state index in [1.807, 2.05) is 36.1 Å². The average molecular weight is 290 g/mol. The molecule has 1 fully saturated rings. The van der Waals surface area contributed by atoms with Gasteiger partial charge in [0.2, 0.25) is 5.91 Å². The molecular formula is C16H22N2O3. The molecule has 2 aliphatic rings. The summed E-state index contributed by atoms with van der Waals surface area (Å²) < 4.78 is 11.6. The van der Waals surface area contributed by atoms with Crippen LogP contribution in [-0.4, -0.2) is 49.7 Å². The van der Waals surface area contributed by atoms with Gasteiger partial charge >= 0.3 is 0 Å². The van der Waals surface area contributed by atoms with Crippen LogP contribution in [0.1, 0.15) is 13.3 Å². The minimum Gasteiger partial charge on any atom is -0.486 e. The molecule has 0 spiro atoms. The van der Waals surface area contributed by atoms with E-state index in [9.17, 15) is 4.79 Å². The molecule has 0 bridgehead atoms. The molecule has 2 heterocycles. The lowest BCUT2D eigenvalue weighted by Crippen LogP contribution is -2.48. The maximum Gasteiger partial charge on any atom is 0.223 e. The first kappa shape index (κ1) is 14.2. The van der Waals surface area contributed by atoms with E-state index < -0.39 is 0 Å². The fourth-order valence-electron chi connectivity index (χ4n) is 2.67. The lowest BCUT2D eigenvalue weighted by Gasteiger charge is -2.33. The van der Waals surface area contributed by atoms with Crippen LogP contribution in [0.3, 0.4) is 0 Å². The zero-order valence-electron chi connectivity index (χ0n) is 12.4. The molecule has 1 aromatic rings. The Bertz CT molecular complexity index is 502. The van der Waals surface area contributed by atoms with Crippen molar-refractivity contribution in [3.63, 3.8) is 0 Å². The molecule has 0 radical (unpaired) electrons. The molecular weight excluding hydrogens is 268 g/mol. The number of likely N-dealkylation sites (N-methyl/N-ethyl adjacent to an activating group) is 1. The van der Waals surface area contributed by atoms with Crippen LogP contribution in [0.25, 0.3) is 0 Å². The third-order valence-corrected chi connectivity index (χ3v) is 4.06. The van der Waals surface area contributed by atoms with Crippen molar-refractivity contribution in [3.05, 3.63) is 24.3 Å². The Labute approximate surface area is 125 Å². The maximum atomic E-state index is 12.3. The van der Waals surface area contributed by atoms with Crippen molar-refractivity contribution in [2.45, 2.75) is 19.4 Å². The molecule has 0 aliphatic carbocycles. The molecule has 0 aromatic heterocycles. The number of hydrogen-bond acceptors (Lipinski definition) is 4. The van der Waals surface area contributed by atoms with E-state index in [1.54, 1.807) is 0 Å². The van der Waals surface area contributed by atoms with Crippen LogP contribution in [-0.2, 0) is 4.79 Å². The molecule has 21 heavy (non-hydrogen) atoms. The topological polar surface area (TPSA) is 50.8 Å². The van der Waals surface area contributed by atoms with Crippen molar-refractivity contribution in [2.75, 3.05) is 32.8 Å². The fourth-order valence-corrected chi connectivity index (χ4v) is 2.67. The number of carbonyl (C=O) groups is 1. The van der Waals surface area contributed by atoms with Crippen LogP contribution in [0, 0.1) is 5.92 Å². The van der Waals surface area contributed by atoms with Gasteiger partial charge in [-0.25, -0.2) is 0 Å². The van der Waals surface area contributed by atoms with Crippen molar-refractivity contribution in [1.29, 1.82) is 0 Å². The number of nitrogens with one attached hydrogen (secondary N) is 1. The van der Waals surface area contributed by atoms with E-state index in [4.69, 9.17) is 9.47 Å². The molecule has 0 saturated carbocycles. The van der Waals surface area contributed by atoms with Gasteiger partial charge in [-0.3, -0.25) is 4.79 Å². The predicted molar refractivity (Wildman–Crippen MR) is 79.6 cm³/mol. The van der Waals surface area contributed by atoms with Crippen molar-refractivity contribution in [2.24, 2.45) is 5.92 Å². The number of ether oxygens (including phenoxy) is 2. The molecule has 1 unspecified atom stereocenters. The standard InChI is InChI=1S/C16H22N2O3/c1-2-18(16(19)7-12-8-17-9-12)10-13-11-20-14-5-3-4-6-15(14)21-13/h3-6,12-13,17H,2,7-11H2,1H3. The zero-order valence-corrected chi connectivity index (χ0v) is 12.4. The third-order valence-electron chi connectivity index (χ3n) is 4.06. The van der Waals surface area contributed by atoms with Crippen LogP contribution < -0.4 is 14.8 Å². The summed E-state index contributed by atoms with van der Waals surface area (Å²) in [5.41, 5.74) is 0. The smallest absolute Gasteiger partial charge is 0.223 e. The van der Waals surface area contributed by atoms with Crippen LogP contribution in [0.4, 0.5) is 0 Å². The van der Waals surface area contributed by atoms with E-state index in [1.165, 1.54) is 0 Å². The van der Waals surface area contributed by atoms with Gasteiger partial charge in [-0.1, -0.05) is 12.1 Å². The van der Waals surface area contributed by atoms with Gasteiger partial charge in [-0.05, 0) is 38.1 Å². The lowest BCUT2D eigenvalue weighted by atomic mass is 9.98.